The zero-order valence-corrected chi connectivity index (χ0v) is 19.9. The van der Waals surface area contributed by atoms with E-state index in [0.717, 1.165) is 48.1 Å². The van der Waals surface area contributed by atoms with E-state index in [-0.39, 0.29) is 12.0 Å². The Hall–Kier alpha value is -0.800. The van der Waals surface area contributed by atoms with Gasteiger partial charge in [-0.2, -0.15) is 0 Å². The lowest BCUT2D eigenvalue weighted by molar-refractivity contribution is 0.268. The predicted molar refractivity (Wildman–Crippen MR) is 120 cm³/mol. The van der Waals surface area contributed by atoms with Crippen molar-refractivity contribution in [2.75, 3.05) is 6.61 Å². The fourth-order valence-corrected chi connectivity index (χ4v) is 2.70. The standard InChI is InChI=1S/C19H29BrO2.2C2H6/c1-5-7-9-16(6-2)22-18-14-15(10-11-17(18)20)19(3,4)12-8-13-21;2*1-2/h9-11,14,21H,5-8,12-13H2,1-4H3;2*1-2H3/b16-9+;;. The quantitative estimate of drug-likeness (QED) is 0.403. The van der Waals surface area contributed by atoms with Gasteiger partial charge in [-0.3, -0.25) is 0 Å². The summed E-state index contributed by atoms with van der Waals surface area (Å²) in [4.78, 5) is 0. The van der Waals surface area contributed by atoms with Crippen LogP contribution < -0.4 is 4.74 Å². The first-order valence-corrected chi connectivity index (χ1v) is 11.0. The van der Waals surface area contributed by atoms with Crippen LogP contribution in [0.1, 0.15) is 93.1 Å². The molecule has 0 aliphatic carbocycles. The van der Waals surface area contributed by atoms with Crippen LogP contribution >= 0.6 is 15.9 Å². The summed E-state index contributed by atoms with van der Waals surface area (Å²) in [6.07, 6.45) is 7.01. The Balaban J connectivity index is 0. The molecule has 0 radical (unpaired) electrons. The lowest BCUT2D eigenvalue weighted by Gasteiger charge is -2.26. The molecule has 0 heterocycles. The molecule has 0 atom stereocenters. The summed E-state index contributed by atoms with van der Waals surface area (Å²) in [5, 5.41) is 9.07. The van der Waals surface area contributed by atoms with E-state index in [1.807, 2.05) is 27.7 Å². The summed E-state index contributed by atoms with van der Waals surface area (Å²) in [7, 11) is 0. The number of hydrogen-bond acceptors (Lipinski definition) is 2. The molecule has 0 aromatic heterocycles. The molecule has 0 saturated heterocycles. The lowest BCUT2D eigenvalue weighted by atomic mass is 9.80. The van der Waals surface area contributed by atoms with Crippen molar-refractivity contribution < 1.29 is 9.84 Å². The second kappa shape index (κ2) is 16.4. The number of halogens is 1. The highest BCUT2D eigenvalue weighted by atomic mass is 79.9. The normalized spacial score (nSPS) is 11.1. The van der Waals surface area contributed by atoms with Crippen molar-refractivity contribution >= 4 is 15.9 Å². The Morgan fingerprint density at radius 1 is 1.15 bits per heavy atom. The van der Waals surface area contributed by atoms with Crippen LogP contribution in [-0.4, -0.2) is 11.7 Å². The predicted octanol–water partition coefficient (Wildman–Crippen LogP) is 8.02. The van der Waals surface area contributed by atoms with Crippen molar-refractivity contribution in [3.63, 3.8) is 0 Å². The Morgan fingerprint density at radius 3 is 2.27 bits per heavy atom. The number of rotatable bonds is 9. The van der Waals surface area contributed by atoms with Gasteiger partial charge < -0.3 is 9.84 Å². The van der Waals surface area contributed by atoms with Gasteiger partial charge in [-0.25, -0.2) is 0 Å². The van der Waals surface area contributed by atoms with Crippen molar-refractivity contribution in [2.45, 2.75) is 92.9 Å². The molecule has 0 aliphatic heterocycles. The molecular weight excluding hydrogens is 388 g/mol. The number of aliphatic hydroxyl groups is 1. The summed E-state index contributed by atoms with van der Waals surface area (Å²) < 4.78 is 7.08. The van der Waals surface area contributed by atoms with Gasteiger partial charge in [-0.05, 0) is 64.4 Å². The van der Waals surface area contributed by atoms with Crippen LogP contribution in [0, 0.1) is 0 Å². The van der Waals surface area contributed by atoms with Crippen LogP contribution in [0.15, 0.2) is 34.5 Å². The van der Waals surface area contributed by atoms with Crippen molar-refractivity contribution in [2.24, 2.45) is 0 Å². The topological polar surface area (TPSA) is 29.5 Å². The highest BCUT2D eigenvalue weighted by Gasteiger charge is 2.21. The maximum Gasteiger partial charge on any atom is 0.141 e. The molecule has 2 nitrogen and oxygen atoms in total. The van der Waals surface area contributed by atoms with E-state index in [0.29, 0.717) is 0 Å². The van der Waals surface area contributed by atoms with Crippen LogP contribution in [0.25, 0.3) is 0 Å². The van der Waals surface area contributed by atoms with Crippen LogP contribution in [0.3, 0.4) is 0 Å². The van der Waals surface area contributed by atoms with Gasteiger partial charge >= 0.3 is 0 Å². The minimum atomic E-state index is 0.0288. The van der Waals surface area contributed by atoms with Crippen LogP contribution in [-0.2, 0) is 5.41 Å². The zero-order chi connectivity index (χ0) is 20.6. The third-order valence-electron chi connectivity index (χ3n) is 3.92. The average molecular weight is 429 g/mol. The molecule has 1 aromatic rings. The Kier molecular flexibility index (Phi) is 17.3. The van der Waals surface area contributed by atoms with Crippen molar-refractivity contribution in [1.29, 1.82) is 0 Å². The number of benzene rings is 1. The minimum Gasteiger partial charge on any atom is -0.461 e. The maximum atomic E-state index is 9.07. The molecule has 0 amide bonds. The number of hydrogen-bond donors (Lipinski definition) is 1. The van der Waals surface area contributed by atoms with Gasteiger partial charge in [0, 0.05) is 13.0 Å². The lowest BCUT2D eigenvalue weighted by Crippen LogP contribution is -2.17. The largest absolute Gasteiger partial charge is 0.461 e. The summed E-state index contributed by atoms with van der Waals surface area (Å²) >= 11 is 3.58. The van der Waals surface area contributed by atoms with E-state index in [1.165, 1.54) is 5.56 Å². The van der Waals surface area contributed by atoms with Crippen molar-refractivity contribution in [3.05, 3.63) is 40.1 Å². The van der Waals surface area contributed by atoms with Gasteiger partial charge in [-0.1, -0.05) is 67.9 Å². The van der Waals surface area contributed by atoms with Gasteiger partial charge in [0.15, 0.2) is 0 Å². The Morgan fingerprint density at radius 2 is 1.77 bits per heavy atom. The first-order valence-electron chi connectivity index (χ1n) is 10.2. The molecule has 3 heteroatoms. The number of allylic oxidation sites excluding steroid dienone is 2. The van der Waals surface area contributed by atoms with Gasteiger partial charge in [0.25, 0.3) is 0 Å². The Labute approximate surface area is 171 Å². The second-order valence-corrected chi connectivity index (χ2v) is 7.13. The zero-order valence-electron chi connectivity index (χ0n) is 18.3. The molecule has 0 bridgehead atoms. The van der Waals surface area contributed by atoms with E-state index >= 15 is 0 Å². The molecule has 0 aliphatic rings. The molecule has 0 fully saturated rings. The smallest absolute Gasteiger partial charge is 0.141 e. The Bertz CT molecular complexity index is 493. The third-order valence-corrected chi connectivity index (χ3v) is 4.58. The van der Waals surface area contributed by atoms with Crippen molar-refractivity contribution in [3.8, 4) is 5.75 Å². The molecule has 0 saturated carbocycles. The van der Waals surface area contributed by atoms with Crippen LogP contribution in [0.2, 0.25) is 0 Å². The number of ether oxygens (including phenoxy) is 1. The second-order valence-electron chi connectivity index (χ2n) is 6.27. The summed E-state index contributed by atoms with van der Waals surface area (Å²) in [6.45, 7) is 16.9. The molecule has 0 unspecified atom stereocenters. The van der Waals surface area contributed by atoms with Gasteiger partial charge in [0.05, 0.1) is 10.2 Å². The van der Waals surface area contributed by atoms with E-state index in [2.05, 4.69) is 67.9 Å². The van der Waals surface area contributed by atoms with E-state index in [9.17, 15) is 0 Å². The first-order chi connectivity index (χ1) is 12.4. The van der Waals surface area contributed by atoms with Gasteiger partial charge in [0.2, 0.25) is 0 Å². The molecule has 1 N–H and O–H groups in total. The van der Waals surface area contributed by atoms with Gasteiger partial charge in [-0.15, -0.1) is 0 Å². The molecule has 152 valence electrons. The van der Waals surface area contributed by atoms with Crippen LogP contribution in [0.4, 0.5) is 0 Å². The van der Waals surface area contributed by atoms with E-state index < -0.39 is 0 Å². The molecule has 26 heavy (non-hydrogen) atoms. The highest BCUT2D eigenvalue weighted by Crippen LogP contribution is 2.35. The minimum absolute atomic E-state index is 0.0288. The molecular formula is C23H41BrO2. The van der Waals surface area contributed by atoms with Crippen molar-refractivity contribution in [1.82, 2.24) is 0 Å². The maximum absolute atomic E-state index is 9.07. The average Bonchev–Trinajstić information content (AvgIpc) is 2.67. The molecule has 1 rings (SSSR count). The number of unbranched alkanes of at least 4 members (excludes halogenated alkanes) is 1. The summed E-state index contributed by atoms with van der Waals surface area (Å²) in [6, 6.07) is 6.31. The SMILES string of the molecule is CC.CC.CCC/C=C(\CC)Oc1cc(C(C)(C)CCCO)ccc1Br. The first kappa shape index (κ1) is 27.4. The molecule has 1 aromatic carbocycles. The fourth-order valence-electron chi connectivity index (χ4n) is 2.37. The summed E-state index contributed by atoms with van der Waals surface area (Å²) in [5.74, 6) is 1.90. The van der Waals surface area contributed by atoms with E-state index in [4.69, 9.17) is 9.84 Å². The third kappa shape index (κ3) is 10.4. The highest BCUT2D eigenvalue weighted by molar-refractivity contribution is 9.10. The fraction of sp³-hybridized carbons (Fsp3) is 0.652. The van der Waals surface area contributed by atoms with Gasteiger partial charge in [0.1, 0.15) is 5.75 Å². The summed E-state index contributed by atoms with van der Waals surface area (Å²) in [5.41, 5.74) is 1.27. The number of aliphatic hydroxyl groups excluding tert-OH is 1. The van der Waals surface area contributed by atoms with E-state index in [1.54, 1.807) is 0 Å². The monoisotopic (exact) mass is 428 g/mol. The molecule has 0 spiro atoms. The van der Waals surface area contributed by atoms with Crippen LogP contribution in [0.5, 0.6) is 5.75 Å².